The van der Waals surface area contributed by atoms with Crippen LogP contribution in [0.5, 0.6) is 0 Å². The van der Waals surface area contributed by atoms with E-state index in [2.05, 4.69) is 23.2 Å². The van der Waals surface area contributed by atoms with E-state index in [1.807, 2.05) is 6.21 Å². The lowest BCUT2D eigenvalue weighted by Gasteiger charge is -2.10. The summed E-state index contributed by atoms with van der Waals surface area (Å²) in [5.74, 6) is 2.17. The summed E-state index contributed by atoms with van der Waals surface area (Å²) in [6.07, 6.45) is 14.2. The molecule has 1 nitrogen and oxygen atoms in total. The number of hydrogen-bond acceptors (Lipinski definition) is 1. The Bertz CT molecular complexity index is 244. The monoisotopic (exact) mass is 145 g/mol. The molecule has 1 saturated carbocycles. The van der Waals surface area contributed by atoms with Gasteiger partial charge in [-0.05, 0) is 24.7 Å². The molecule has 3 atom stereocenters. The van der Waals surface area contributed by atoms with Gasteiger partial charge >= 0.3 is 0 Å². The molecule has 0 heterocycles. The van der Waals surface area contributed by atoms with E-state index in [1.165, 1.54) is 12.8 Å². The average Bonchev–Trinajstić information content (AvgIpc) is 2.60. The third-order valence-corrected chi connectivity index (χ3v) is 2.67. The van der Waals surface area contributed by atoms with Crippen molar-refractivity contribution in [3.05, 3.63) is 12.2 Å². The van der Waals surface area contributed by atoms with Crippen molar-refractivity contribution in [2.24, 2.45) is 22.7 Å². The fourth-order valence-corrected chi connectivity index (χ4v) is 2.13. The third kappa shape index (κ3) is 1.09. The van der Waals surface area contributed by atoms with Crippen LogP contribution in [0.2, 0.25) is 0 Å². The minimum Gasteiger partial charge on any atom is -0.210 e. The van der Waals surface area contributed by atoms with Crippen molar-refractivity contribution in [2.45, 2.75) is 12.8 Å². The second-order valence-electron chi connectivity index (χ2n) is 3.35. The lowest BCUT2D eigenvalue weighted by molar-refractivity contribution is 0.595. The fraction of sp³-hybridized carbons (Fsp3) is 0.500. The van der Waals surface area contributed by atoms with Crippen LogP contribution in [0.3, 0.4) is 0 Å². The van der Waals surface area contributed by atoms with Gasteiger partial charge in [-0.3, -0.25) is 0 Å². The molecule has 0 aromatic heterocycles. The van der Waals surface area contributed by atoms with E-state index in [9.17, 15) is 0 Å². The van der Waals surface area contributed by atoms with Crippen LogP contribution in [0, 0.1) is 30.2 Å². The van der Waals surface area contributed by atoms with Gasteiger partial charge in [0.1, 0.15) is 0 Å². The predicted octanol–water partition coefficient (Wildman–Crippen LogP) is 1.86. The predicted molar refractivity (Wildman–Crippen MR) is 46.2 cm³/mol. The van der Waals surface area contributed by atoms with Crippen molar-refractivity contribution in [1.82, 2.24) is 0 Å². The quantitative estimate of drug-likeness (QED) is 0.303. The summed E-state index contributed by atoms with van der Waals surface area (Å²) in [7, 11) is 0. The van der Waals surface area contributed by atoms with Crippen molar-refractivity contribution in [3.8, 4) is 12.5 Å². The van der Waals surface area contributed by atoms with Crippen LogP contribution in [0.15, 0.2) is 17.1 Å². The van der Waals surface area contributed by atoms with Crippen molar-refractivity contribution in [3.63, 3.8) is 0 Å². The Morgan fingerprint density at radius 2 is 2.36 bits per heavy atom. The number of nitrogens with zero attached hydrogens (tertiary/aromatic N) is 1. The fourth-order valence-electron chi connectivity index (χ4n) is 2.13. The molecule has 0 amide bonds. The zero-order chi connectivity index (χ0) is 7.68. The molecule has 11 heavy (non-hydrogen) atoms. The van der Waals surface area contributed by atoms with Gasteiger partial charge in [-0.1, -0.05) is 18.6 Å². The molecule has 2 rings (SSSR count). The lowest BCUT2D eigenvalue weighted by atomic mass is 9.95. The minimum absolute atomic E-state index is 0.626. The lowest BCUT2D eigenvalue weighted by Crippen LogP contribution is -2.07. The van der Waals surface area contributed by atoms with E-state index in [1.54, 1.807) is 0 Å². The standard InChI is InChI=1S/C10H11N/c1-2-11-7-10-6-8-3-4-9(10)5-8/h1,3-4,7-10H,5-6H2/t8?,9?,10-/m0/s1. The highest BCUT2D eigenvalue weighted by Crippen LogP contribution is 2.42. The first-order valence-corrected chi connectivity index (χ1v) is 4.07. The van der Waals surface area contributed by atoms with Gasteiger partial charge in [-0.2, -0.15) is 0 Å². The molecule has 0 aromatic carbocycles. The Morgan fingerprint density at radius 3 is 2.91 bits per heavy atom. The van der Waals surface area contributed by atoms with Crippen LogP contribution in [-0.4, -0.2) is 6.21 Å². The molecule has 2 bridgehead atoms. The zero-order valence-electron chi connectivity index (χ0n) is 6.40. The highest BCUT2D eigenvalue weighted by atomic mass is 14.7. The third-order valence-electron chi connectivity index (χ3n) is 2.67. The van der Waals surface area contributed by atoms with E-state index in [-0.39, 0.29) is 0 Å². The van der Waals surface area contributed by atoms with E-state index in [4.69, 9.17) is 6.42 Å². The highest BCUT2D eigenvalue weighted by Gasteiger charge is 2.34. The van der Waals surface area contributed by atoms with Gasteiger partial charge in [0.05, 0.1) is 0 Å². The summed E-state index contributed by atoms with van der Waals surface area (Å²) in [5, 5.41) is 0. The van der Waals surface area contributed by atoms with Gasteiger partial charge in [-0.15, -0.1) is 0 Å². The van der Waals surface area contributed by atoms with Gasteiger partial charge in [0.15, 0.2) is 0 Å². The van der Waals surface area contributed by atoms with Crippen LogP contribution < -0.4 is 0 Å². The van der Waals surface area contributed by atoms with E-state index < -0.39 is 0 Å². The molecule has 0 spiro atoms. The van der Waals surface area contributed by atoms with Gasteiger partial charge in [-0.25, -0.2) is 4.99 Å². The molecule has 1 fully saturated rings. The summed E-state index contributed by atoms with van der Waals surface area (Å²) in [6, 6.07) is 2.30. The van der Waals surface area contributed by atoms with Crippen LogP contribution in [-0.2, 0) is 0 Å². The second-order valence-corrected chi connectivity index (χ2v) is 3.35. The molecular formula is C10H11N. The van der Waals surface area contributed by atoms with Crippen molar-refractivity contribution >= 4 is 6.21 Å². The Morgan fingerprint density at radius 1 is 1.45 bits per heavy atom. The van der Waals surface area contributed by atoms with E-state index in [0.717, 1.165) is 11.8 Å². The van der Waals surface area contributed by atoms with Crippen molar-refractivity contribution in [1.29, 1.82) is 0 Å². The largest absolute Gasteiger partial charge is 0.210 e. The Kier molecular flexibility index (Phi) is 1.54. The maximum Gasteiger partial charge on any atom is 0.0298 e. The maximum absolute atomic E-state index is 5.04. The molecular weight excluding hydrogens is 134 g/mol. The summed E-state index contributed by atoms with van der Waals surface area (Å²) in [6.45, 7) is 0. The molecule has 1 heteroatoms. The van der Waals surface area contributed by atoms with Gasteiger partial charge in [0.25, 0.3) is 0 Å². The molecule has 0 N–H and O–H groups in total. The number of hydrogen-bond donors (Lipinski definition) is 0. The first-order chi connectivity index (χ1) is 5.40. The van der Waals surface area contributed by atoms with Crippen LogP contribution in [0.4, 0.5) is 0 Å². The first-order valence-electron chi connectivity index (χ1n) is 4.07. The van der Waals surface area contributed by atoms with Crippen LogP contribution in [0.25, 0.3) is 0 Å². The highest BCUT2D eigenvalue weighted by molar-refractivity contribution is 5.64. The molecule has 0 saturated heterocycles. The first kappa shape index (κ1) is 6.67. The Hall–Kier alpha value is -1.03. The molecule has 2 aliphatic carbocycles. The molecule has 0 aromatic rings. The number of aliphatic imine (C=N–C) groups is 1. The number of fused-ring (bicyclic) bond motifs is 2. The van der Waals surface area contributed by atoms with Crippen molar-refractivity contribution in [2.75, 3.05) is 0 Å². The minimum atomic E-state index is 0.626. The van der Waals surface area contributed by atoms with Gasteiger partial charge < -0.3 is 0 Å². The zero-order valence-corrected chi connectivity index (χ0v) is 6.40. The smallest absolute Gasteiger partial charge is 0.0298 e. The second kappa shape index (κ2) is 2.54. The average molecular weight is 145 g/mol. The Labute approximate surface area is 67.2 Å². The summed E-state index contributed by atoms with van der Waals surface area (Å²) in [4.78, 5) is 3.84. The van der Waals surface area contributed by atoms with Crippen LogP contribution in [0.1, 0.15) is 12.8 Å². The molecule has 0 aliphatic heterocycles. The maximum atomic E-state index is 5.04. The van der Waals surface area contributed by atoms with Crippen molar-refractivity contribution < 1.29 is 0 Å². The Balaban J connectivity index is 2.04. The van der Waals surface area contributed by atoms with Gasteiger partial charge in [0.2, 0.25) is 0 Å². The molecule has 2 unspecified atom stereocenters. The SMILES string of the molecule is C#CN=C[C@@H]1CC2C=CC1C2. The summed E-state index contributed by atoms with van der Waals surface area (Å²) < 4.78 is 0. The molecule has 56 valence electrons. The topological polar surface area (TPSA) is 12.4 Å². The summed E-state index contributed by atoms with van der Waals surface area (Å²) >= 11 is 0. The molecule has 0 radical (unpaired) electrons. The molecule has 2 aliphatic rings. The summed E-state index contributed by atoms with van der Waals surface area (Å²) in [5.41, 5.74) is 0. The normalized spacial score (nSPS) is 40.1. The van der Waals surface area contributed by atoms with Crippen LogP contribution >= 0.6 is 0 Å². The number of rotatable bonds is 1. The van der Waals surface area contributed by atoms with E-state index in [0.29, 0.717) is 5.92 Å². The number of terminal acetylenes is 1. The van der Waals surface area contributed by atoms with E-state index >= 15 is 0 Å². The number of allylic oxidation sites excluding steroid dienone is 2. The van der Waals surface area contributed by atoms with Gasteiger partial charge in [0, 0.05) is 18.2 Å².